The number of guanidine groups is 1. The summed E-state index contributed by atoms with van der Waals surface area (Å²) in [7, 11) is 6.06. The SMILES string of the molecule is CC(=O)CN1CCN(C)C1=[N+](C)C. The van der Waals surface area contributed by atoms with Crippen LogP contribution in [0.2, 0.25) is 0 Å². The van der Waals surface area contributed by atoms with Crippen LogP contribution in [0.3, 0.4) is 0 Å². The lowest BCUT2D eigenvalue weighted by molar-refractivity contribution is -0.474. The summed E-state index contributed by atoms with van der Waals surface area (Å²) in [6.07, 6.45) is 0. The first-order valence-electron chi connectivity index (χ1n) is 4.52. The highest BCUT2D eigenvalue weighted by atomic mass is 16.1. The number of nitrogens with zero attached hydrogens (tertiary/aromatic N) is 3. The largest absolute Gasteiger partial charge is 0.350 e. The molecule has 0 radical (unpaired) electrons. The predicted molar refractivity (Wildman–Crippen MR) is 52.0 cm³/mol. The van der Waals surface area contributed by atoms with Crippen molar-refractivity contribution in [1.29, 1.82) is 0 Å². The van der Waals surface area contributed by atoms with E-state index in [0.717, 1.165) is 19.0 Å². The second-order valence-corrected chi connectivity index (χ2v) is 3.74. The Balaban J connectivity index is 2.77. The molecule has 13 heavy (non-hydrogen) atoms. The zero-order chi connectivity index (χ0) is 10.0. The Labute approximate surface area is 79.4 Å². The predicted octanol–water partition coefficient (Wildman–Crippen LogP) is -0.549. The zero-order valence-corrected chi connectivity index (χ0v) is 8.87. The van der Waals surface area contributed by atoms with E-state index < -0.39 is 0 Å². The molecular weight excluding hydrogens is 166 g/mol. The minimum absolute atomic E-state index is 0.217. The second kappa shape index (κ2) is 3.77. The van der Waals surface area contributed by atoms with Gasteiger partial charge in [-0.25, -0.2) is 0 Å². The van der Waals surface area contributed by atoms with Crippen LogP contribution in [0.1, 0.15) is 6.92 Å². The van der Waals surface area contributed by atoms with Gasteiger partial charge in [-0.2, -0.15) is 0 Å². The van der Waals surface area contributed by atoms with E-state index >= 15 is 0 Å². The van der Waals surface area contributed by atoms with E-state index in [1.54, 1.807) is 6.92 Å². The summed E-state index contributed by atoms with van der Waals surface area (Å²) in [5.41, 5.74) is 0. The van der Waals surface area contributed by atoms with Gasteiger partial charge in [0, 0.05) is 0 Å². The van der Waals surface area contributed by atoms with Gasteiger partial charge in [-0.15, -0.1) is 0 Å². The third-order valence-electron chi connectivity index (χ3n) is 2.14. The molecule has 0 amide bonds. The number of rotatable bonds is 2. The van der Waals surface area contributed by atoms with E-state index in [9.17, 15) is 4.79 Å². The minimum atomic E-state index is 0.217. The molecule has 1 rings (SSSR count). The molecular formula is C9H18N3O+. The molecule has 1 heterocycles. The van der Waals surface area contributed by atoms with Gasteiger partial charge in [-0.1, -0.05) is 0 Å². The third kappa shape index (κ3) is 2.20. The normalized spacial score (nSPS) is 16.8. The summed E-state index contributed by atoms with van der Waals surface area (Å²) in [4.78, 5) is 15.3. The summed E-state index contributed by atoms with van der Waals surface area (Å²) in [6.45, 7) is 4.11. The molecule has 0 saturated carbocycles. The first kappa shape index (κ1) is 10.0. The molecule has 0 aromatic carbocycles. The van der Waals surface area contributed by atoms with E-state index in [1.807, 2.05) is 14.1 Å². The first-order valence-corrected chi connectivity index (χ1v) is 4.52. The van der Waals surface area contributed by atoms with Crippen LogP contribution < -0.4 is 0 Å². The van der Waals surface area contributed by atoms with Gasteiger partial charge in [-0.05, 0) is 6.92 Å². The summed E-state index contributed by atoms with van der Waals surface area (Å²) in [5.74, 6) is 1.35. The molecule has 0 aromatic heterocycles. The molecule has 0 aromatic rings. The molecule has 1 saturated heterocycles. The topological polar surface area (TPSA) is 26.6 Å². The molecule has 0 spiro atoms. The van der Waals surface area contributed by atoms with Gasteiger partial charge in [-0.3, -0.25) is 19.2 Å². The van der Waals surface area contributed by atoms with Crippen molar-refractivity contribution in [2.75, 3.05) is 40.8 Å². The Morgan fingerprint density at radius 1 is 1.46 bits per heavy atom. The average Bonchev–Trinajstić information content (AvgIpc) is 2.30. The van der Waals surface area contributed by atoms with Crippen LogP contribution in [0, 0.1) is 0 Å². The maximum Gasteiger partial charge on any atom is 0.350 e. The smallest absolute Gasteiger partial charge is 0.296 e. The number of hydrogen-bond acceptors (Lipinski definition) is 1. The average molecular weight is 184 g/mol. The number of carbonyl (C=O) groups excluding carboxylic acids is 1. The van der Waals surface area contributed by atoms with Gasteiger partial charge in [0.25, 0.3) is 0 Å². The number of likely N-dealkylation sites (N-methyl/N-ethyl adjacent to an activating group) is 1. The zero-order valence-electron chi connectivity index (χ0n) is 8.87. The molecule has 0 unspecified atom stereocenters. The van der Waals surface area contributed by atoms with Crippen molar-refractivity contribution in [2.24, 2.45) is 0 Å². The maximum absolute atomic E-state index is 11.0. The highest BCUT2D eigenvalue weighted by Crippen LogP contribution is 2.04. The Morgan fingerprint density at radius 3 is 2.54 bits per heavy atom. The van der Waals surface area contributed by atoms with Crippen LogP contribution in [0.15, 0.2) is 0 Å². The molecule has 1 fully saturated rings. The van der Waals surface area contributed by atoms with Crippen LogP contribution in [0.5, 0.6) is 0 Å². The van der Waals surface area contributed by atoms with E-state index in [2.05, 4.69) is 21.4 Å². The van der Waals surface area contributed by atoms with Crippen LogP contribution in [0.25, 0.3) is 0 Å². The van der Waals surface area contributed by atoms with Crippen LogP contribution in [0.4, 0.5) is 0 Å². The van der Waals surface area contributed by atoms with Gasteiger partial charge >= 0.3 is 5.96 Å². The quantitative estimate of drug-likeness (QED) is 0.539. The third-order valence-corrected chi connectivity index (χ3v) is 2.14. The van der Waals surface area contributed by atoms with Crippen molar-refractivity contribution >= 4 is 11.7 Å². The Morgan fingerprint density at radius 2 is 2.08 bits per heavy atom. The molecule has 4 nitrogen and oxygen atoms in total. The monoisotopic (exact) mass is 184 g/mol. The van der Waals surface area contributed by atoms with E-state index in [4.69, 9.17) is 0 Å². The molecule has 0 atom stereocenters. The molecule has 0 bridgehead atoms. The molecule has 0 N–H and O–H groups in total. The maximum atomic E-state index is 11.0. The fourth-order valence-corrected chi connectivity index (χ4v) is 1.75. The van der Waals surface area contributed by atoms with E-state index in [0.29, 0.717) is 6.54 Å². The van der Waals surface area contributed by atoms with Crippen molar-refractivity contribution in [3.63, 3.8) is 0 Å². The molecule has 4 heteroatoms. The number of carbonyl (C=O) groups is 1. The molecule has 1 aliphatic heterocycles. The lowest BCUT2D eigenvalue weighted by Crippen LogP contribution is -2.39. The lowest BCUT2D eigenvalue weighted by atomic mass is 10.4. The van der Waals surface area contributed by atoms with Crippen molar-refractivity contribution in [1.82, 2.24) is 9.80 Å². The minimum Gasteiger partial charge on any atom is -0.296 e. The van der Waals surface area contributed by atoms with Gasteiger partial charge in [0.1, 0.15) is 6.54 Å². The molecule has 74 valence electrons. The Kier molecular flexibility index (Phi) is 2.90. The fourth-order valence-electron chi connectivity index (χ4n) is 1.75. The number of ketones is 1. The van der Waals surface area contributed by atoms with Crippen molar-refractivity contribution in [2.45, 2.75) is 6.92 Å². The van der Waals surface area contributed by atoms with Gasteiger partial charge < -0.3 is 0 Å². The summed E-state index contributed by atoms with van der Waals surface area (Å²) < 4.78 is 2.05. The lowest BCUT2D eigenvalue weighted by Gasteiger charge is -2.13. The summed E-state index contributed by atoms with van der Waals surface area (Å²) >= 11 is 0. The van der Waals surface area contributed by atoms with E-state index in [-0.39, 0.29) is 5.78 Å². The summed E-state index contributed by atoms with van der Waals surface area (Å²) in [5, 5.41) is 0. The number of Topliss-reactive ketones (excluding diaryl/α,β-unsaturated/α-hetero) is 1. The van der Waals surface area contributed by atoms with Gasteiger partial charge in [0.15, 0.2) is 5.78 Å². The van der Waals surface area contributed by atoms with Gasteiger partial charge in [0.05, 0.1) is 34.2 Å². The Bertz CT molecular complexity index is 243. The van der Waals surface area contributed by atoms with Crippen molar-refractivity contribution in [3.8, 4) is 0 Å². The van der Waals surface area contributed by atoms with Crippen LogP contribution >= 0.6 is 0 Å². The highest BCUT2D eigenvalue weighted by molar-refractivity contribution is 5.85. The molecule has 1 aliphatic rings. The van der Waals surface area contributed by atoms with Crippen molar-refractivity contribution < 1.29 is 9.37 Å². The highest BCUT2D eigenvalue weighted by Gasteiger charge is 2.32. The van der Waals surface area contributed by atoms with Gasteiger partial charge in [0.2, 0.25) is 0 Å². The fraction of sp³-hybridized carbons (Fsp3) is 0.778. The number of hydrogen-bond donors (Lipinski definition) is 0. The first-order chi connectivity index (χ1) is 6.02. The van der Waals surface area contributed by atoms with Crippen LogP contribution in [-0.2, 0) is 4.79 Å². The van der Waals surface area contributed by atoms with Crippen LogP contribution in [-0.4, -0.2) is 66.9 Å². The van der Waals surface area contributed by atoms with Crippen molar-refractivity contribution in [3.05, 3.63) is 0 Å². The summed E-state index contributed by atoms with van der Waals surface area (Å²) in [6, 6.07) is 0. The second-order valence-electron chi connectivity index (χ2n) is 3.74. The molecule has 0 aliphatic carbocycles. The van der Waals surface area contributed by atoms with E-state index in [1.165, 1.54) is 0 Å². The Hall–Kier alpha value is -1.06. The standard InChI is InChI=1S/C9H18N3O/c1-8(13)7-12-6-5-11(4)9(12)10(2)3/h5-7H2,1-4H3/q+1.